The number of carbonyl (C=O) groups excluding carboxylic acids is 1. The van der Waals surface area contributed by atoms with Gasteiger partial charge in [0.05, 0.1) is 23.4 Å². The van der Waals surface area contributed by atoms with Crippen LogP contribution in [0.3, 0.4) is 0 Å². The van der Waals surface area contributed by atoms with Crippen molar-refractivity contribution in [3.63, 3.8) is 0 Å². The summed E-state index contributed by atoms with van der Waals surface area (Å²) in [5, 5.41) is 14.2. The summed E-state index contributed by atoms with van der Waals surface area (Å²) in [4.78, 5) is 35.8. The van der Waals surface area contributed by atoms with Crippen molar-refractivity contribution < 1.29 is 14.7 Å². The van der Waals surface area contributed by atoms with Gasteiger partial charge in [0.1, 0.15) is 5.82 Å². The van der Waals surface area contributed by atoms with E-state index in [9.17, 15) is 14.7 Å². The van der Waals surface area contributed by atoms with Crippen LogP contribution < -0.4 is 10.2 Å². The molecule has 3 heterocycles. The molecule has 4 rings (SSSR count). The number of pyridine rings is 1. The summed E-state index contributed by atoms with van der Waals surface area (Å²) < 4.78 is 0. The molecule has 0 aliphatic carbocycles. The second kappa shape index (κ2) is 11.1. The fourth-order valence-electron chi connectivity index (χ4n) is 4.26. The SMILES string of the molecule is CC(=O)Nc1cccc(-c2cccc(N3CCC(CCN(Cc4cscn4)C(=O)O)CC3)n2)c1. The van der Waals surface area contributed by atoms with Gasteiger partial charge in [0, 0.05) is 43.2 Å². The first-order chi connectivity index (χ1) is 16.5. The minimum absolute atomic E-state index is 0.101. The Labute approximate surface area is 203 Å². The highest BCUT2D eigenvalue weighted by molar-refractivity contribution is 7.07. The zero-order valence-corrected chi connectivity index (χ0v) is 20.0. The average molecular weight is 480 g/mol. The summed E-state index contributed by atoms with van der Waals surface area (Å²) in [6, 6.07) is 13.7. The van der Waals surface area contributed by atoms with Crippen LogP contribution in [0.2, 0.25) is 0 Å². The molecular formula is C25H29N5O3S. The summed E-state index contributed by atoms with van der Waals surface area (Å²) >= 11 is 1.48. The predicted molar refractivity (Wildman–Crippen MR) is 134 cm³/mol. The van der Waals surface area contributed by atoms with Crippen LogP contribution >= 0.6 is 11.3 Å². The molecule has 0 bridgehead atoms. The summed E-state index contributed by atoms with van der Waals surface area (Å²) in [5.74, 6) is 1.33. The molecule has 1 fully saturated rings. The Bertz CT molecular complexity index is 1110. The molecule has 1 aliphatic rings. The molecule has 178 valence electrons. The van der Waals surface area contributed by atoms with Gasteiger partial charge in [-0.25, -0.2) is 14.8 Å². The lowest BCUT2D eigenvalue weighted by molar-refractivity contribution is -0.114. The number of amides is 2. The maximum atomic E-state index is 11.6. The number of nitrogens with zero attached hydrogens (tertiary/aromatic N) is 4. The van der Waals surface area contributed by atoms with Gasteiger partial charge in [-0.2, -0.15) is 0 Å². The first-order valence-corrected chi connectivity index (χ1v) is 12.4. The predicted octanol–water partition coefficient (Wildman–Crippen LogP) is 4.95. The average Bonchev–Trinajstić information content (AvgIpc) is 3.35. The number of piperidine rings is 1. The number of benzene rings is 1. The highest BCUT2D eigenvalue weighted by atomic mass is 32.1. The van der Waals surface area contributed by atoms with Gasteiger partial charge in [-0.05, 0) is 49.4 Å². The Balaban J connectivity index is 1.33. The molecule has 2 amide bonds. The Morgan fingerprint density at radius 2 is 2.00 bits per heavy atom. The van der Waals surface area contributed by atoms with Crippen LogP contribution in [0.5, 0.6) is 0 Å². The minimum atomic E-state index is -0.894. The van der Waals surface area contributed by atoms with Gasteiger partial charge in [0.25, 0.3) is 0 Å². The molecule has 0 radical (unpaired) electrons. The molecular weight excluding hydrogens is 450 g/mol. The number of rotatable bonds is 8. The zero-order valence-electron chi connectivity index (χ0n) is 19.2. The van der Waals surface area contributed by atoms with Crippen molar-refractivity contribution in [3.8, 4) is 11.3 Å². The normalized spacial score (nSPS) is 14.1. The molecule has 34 heavy (non-hydrogen) atoms. The van der Waals surface area contributed by atoms with Crippen LogP contribution in [0.25, 0.3) is 11.3 Å². The number of aromatic nitrogens is 2. The van der Waals surface area contributed by atoms with Gasteiger partial charge in [0.2, 0.25) is 5.91 Å². The third-order valence-electron chi connectivity index (χ3n) is 6.07. The molecule has 1 saturated heterocycles. The van der Waals surface area contributed by atoms with Crippen molar-refractivity contribution in [2.45, 2.75) is 32.7 Å². The Morgan fingerprint density at radius 3 is 2.71 bits per heavy atom. The van der Waals surface area contributed by atoms with Gasteiger partial charge >= 0.3 is 6.09 Å². The van der Waals surface area contributed by atoms with Crippen LogP contribution in [0.4, 0.5) is 16.3 Å². The van der Waals surface area contributed by atoms with Gasteiger partial charge in [-0.15, -0.1) is 11.3 Å². The van der Waals surface area contributed by atoms with Crippen LogP contribution in [-0.4, -0.2) is 51.6 Å². The van der Waals surface area contributed by atoms with Crippen LogP contribution in [0.15, 0.2) is 53.4 Å². The number of carbonyl (C=O) groups is 2. The number of hydrogen-bond donors (Lipinski definition) is 2. The van der Waals surface area contributed by atoms with E-state index in [0.29, 0.717) is 19.0 Å². The molecule has 1 aromatic carbocycles. The van der Waals surface area contributed by atoms with Gasteiger partial charge in [-0.1, -0.05) is 18.2 Å². The minimum Gasteiger partial charge on any atom is -0.465 e. The van der Waals surface area contributed by atoms with Crippen molar-refractivity contribution in [1.82, 2.24) is 14.9 Å². The quantitative estimate of drug-likeness (QED) is 0.474. The fourth-order valence-corrected chi connectivity index (χ4v) is 4.81. The fraction of sp³-hybridized carbons (Fsp3) is 0.360. The van der Waals surface area contributed by atoms with E-state index in [0.717, 1.165) is 60.8 Å². The summed E-state index contributed by atoms with van der Waals surface area (Å²) in [6.07, 6.45) is 1.98. The molecule has 0 atom stereocenters. The number of carboxylic acid groups (broad SMARTS) is 1. The van der Waals surface area contributed by atoms with Crippen molar-refractivity contribution in [2.24, 2.45) is 5.92 Å². The van der Waals surface area contributed by atoms with Crippen molar-refractivity contribution >= 4 is 34.8 Å². The Kier molecular flexibility index (Phi) is 7.74. The smallest absolute Gasteiger partial charge is 0.407 e. The number of thiazole rings is 1. The third-order valence-corrected chi connectivity index (χ3v) is 6.70. The second-order valence-electron chi connectivity index (χ2n) is 8.55. The van der Waals surface area contributed by atoms with Gasteiger partial charge in [0.15, 0.2) is 0 Å². The molecule has 2 N–H and O–H groups in total. The molecule has 9 heteroatoms. The summed E-state index contributed by atoms with van der Waals surface area (Å²) in [5.41, 5.74) is 5.11. The highest BCUT2D eigenvalue weighted by Gasteiger charge is 2.22. The lowest BCUT2D eigenvalue weighted by Crippen LogP contribution is -2.36. The lowest BCUT2D eigenvalue weighted by Gasteiger charge is -2.33. The summed E-state index contributed by atoms with van der Waals surface area (Å²) in [6.45, 7) is 4.15. The monoisotopic (exact) mass is 479 g/mol. The van der Waals surface area contributed by atoms with E-state index in [2.05, 4.69) is 15.2 Å². The van der Waals surface area contributed by atoms with Gasteiger partial charge < -0.3 is 20.2 Å². The Hall–Kier alpha value is -3.46. The van der Waals surface area contributed by atoms with E-state index in [-0.39, 0.29) is 5.91 Å². The van der Waals surface area contributed by atoms with Crippen LogP contribution in [0.1, 0.15) is 31.9 Å². The molecule has 2 aromatic heterocycles. The zero-order chi connectivity index (χ0) is 23.9. The van der Waals surface area contributed by atoms with E-state index in [4.69, 9.17) is 4.98 Å². The Morgan fingerprint density at radius 1 is 1.21 bits per heavy atom. The first kappa shape index (κ1) is 23.7. The first-order valence-electron chi connectivity index (χ1n) is 11.4. The molecule has 0 saturated carbocycles. The maximum absolute atomic E-state index is 11.6. The van der Waals surface area contributed by atoms with E-state index in [1.807, 2.05) is 47.8 Å². The van der Waals surface area contributed by atoms with E-state index < -0.39 is 6.09 Å². The van der Waals surface area contributed by atoms with Crippen molar-refractivity contribution in [1.29, 1.82) is 0 Å². The van der Waals surface area contributed by atoms with E-state index in [1.54, 1.807) is 5.51 Å². The topological polar surface area (TPSA) is 98.7 Å². The molecule has 8 nitrogen and oxygen atoms in total. The highest BCUT2D eigenvalue weighted by Crippen LogP contribution is 2.27. The van der Waals surface area contributed by atoms with Crippen molar-refractivity contribution in [2.75, 3.05) is 29.9 Å². The van der Waals surface area contributed by atoms with Crippen molar-refractivity contribution in [3.05, 3.63) is 59.0 Å². The van der Waals surface area contributed by atoms with Crippen LogP contribution in [-0.2, 0) is 11.3 Å². The second-order valence-corrected chi connectivity index (χ2v) is 9.26. The standard InChI is InChI=1S/C25H29N5O3S/c1-18(31)27-21-5-2-4-20(14-21)23-6-3-7-24(28-23)29-11-8-19(9-12-29)10-13-30(25(32)33)15-22-16-34-17-26-22/h2-7,14,16-17,19H,8-13,15H2,1H3,(H,27,31)(H,32,33). The number of nitrogens with one attached hydrogen (secondary N) is 1. The van der Waals surface area contributed by atoms with E-state index in [1.165, 1.54) is 23.2 Å². The summed E-state index contributed by atoms with van der Waals surface area (Å²) in [7, 11) is 0. The molecule has 1 aliphatic heterocycles. The molecule has 3 aromatic rings. The number of anilines is 2. The lowest BCUT2D eigenvalue weighted by atomic mass is 9.93. The largest absolute Gasteiger partial charge is 0.465 e. The van der Waals surface area contributed by atoms with Crippen LogP contribution in [0, 0.1) is 5.92 Å². The van der Waals surface area contributed by atoms with Gasteiger partial charge in [-0.3, -0.25) is 4.79 Å². The molecule has 0 unspecified atom stereocenters. The third kappa shape index (κ3) is 6.32. The maximum Gasteiger partial charge on any atom is 0.407 e. The molecule has 0 spiro atoms. The number of hydrogen-bond acceptors (Lipinski definition) is 6. The van der Waals surface area contributed by atoms with E-state index >= 15 is 0 Å².